The Morgan fingerprint density at radius 2 is 0.969 bits per heavy atom. The Balaban J connectivity index is 1.94. The number of nitrogens with one attached hydrogen (secondary N) is 2. The third kappa shape index (κ3) is 4.91. The lowest BCUT2D eigenvalue weighted by molar-refractivity contribution is 0.0990. The van der Waals surface area contributed by atoms with Crippen molar-refractivity contribution in [3.63, 3.8) is 0 Å². The first-order valence-electron chi connectivity index (χ1n) is 11.1. The summed E-state index contributed by atoms with van der Waals surface area (Å²) in [5.41, 5.74) is 6.45. The van der Waals surface area contributed by atoms with Gasteiger partial charge in [-0.2, -0.15) is 0 Å². The van der Waals surface area contributed by atoms with Crippen molar-refractivity contribution in [1.82, 2.24) is 0 Å². The van der Waals surface area contributed by atoms with Crippen molar-refractivity contribution in [3.8, 4) is 0 Å². The third-order valence-electron chi connectivity index (χ3n) is 5.75. The Labute approximate surface area is 191 Å². The molecule has 0 unspecified atom stereocenters. The molecule has 0 spiro atoms. The van der Waals surface area contributed by atoms with E-state index in [1.54, 1.807) is 24.3 Å². The molecule has 0 bridgehead atoms. The van der Waals surface area contributed by atoms with Gasteiger partial charge in [-0.25, -0.2) is 0 Å². The predicted octanol–water partition coefficient (Wildman–Crippen LogP) is 7.05. The molecule has 0 fully saturated rings. The average molecular weight is 429 g/mol. The number of benzene rings is 3. The van der Waals surface area contributed by atoms with E-state index < -0.39 is 0 Å². The van der Waals surface area contributed by atoms with Crippen molar-refractivity contribution in [2.75, 3.05) is 10.6 Å². The summed E-state index contributed by atoms with van der Waals surface area (Å²) in [6, 6.07) is 18.9. The fourth-order valence-corrected chi connectivity index (χ4v) is 3.93. The molecule has 3 rings (SSSR count). The molecule has 3 aromatic carbocycles. The molecule has 0 saturated heterocycles. The molecule has 0 aliphatic carbocycles. The lowest BCUT2D eigenvalue weighted by atomic mass is 9.97. The van der Waals surface area contributed by atoms with Crippen molar-refractivity contribution in [2.24, 2.45) is 0 Å². The lowest BCUT2D eigenvalue weighted by Crippen LogP contribution is -2.22. The standard InChI is InChI=1S/C28H32N2O2/c1-17(2)21-15-9-11-19(5)25(21)29-27(31)23-13-7-8-14-24(23)28(32)30-26-20(6)12-10-16-22(26)18(3)4/h7-18H,1-6H3,(H,29,31)(H,30,32). The van der Waals surface area contributed by atoms with Crippen LogP contribution in [0.3, 0.4) is 0 Å². The molecule has 2 N–H and O–H groups in total. The van der Waals surface area contributed by atoms with Gasteiger partial charge in [-0.15, -0.1) is 0 Å². The minimum Gasteiger partial charge on any atom is -0.321 e. The number of hydrogen-bond acceptors (Lipinski definition) is 2. The highest BCUT2D eigenvalue weighted by molar-refractivity contribution is 6.15. The summed E-state index contributed by atoms with van der Waals surface area (Å²) in [4.78, 5) is 26.5. The van der Waals surface area contributed by atoms with Crippen LogP contribution in [-0.4, -0.2) is 11.8 Å². The molecule has 3 aromatic rings. The van der Waals surface area contributed by atoms with Crippen LogP contribution in [0, 0.1) is 13.8 Å². The molecule has 32 heavy (non-hydrogen) atoms. The number of anilines is 2. The first-order valence-corrected chi connectivity index (χ1v) is 11.1. The van der Waals surface area contributed by atoms with Crippen LogP contribution >= 0.6 is 0 Å². The van der Waals surface area contributed by atoms with E-state index in [1.165, 1.54) is 0 Å². The van der Waals surface area contributed by atoms with Crippen LogP contribution in [0.2, 0.25) is 0 Å². The fourth-order valence-electron chi connectivity index (χ4n) is 3.93. The quantitative estimate of drug-likeness (QED) is 0.442. The number of amides is 2. The molecule has 2 amide bonds. The average Bonchev–Trinajstić information content (AvgIpc) is 2.76. The normalized spacial score (nSPS) is 11.0. The number of rotatable bonds is 6. The van der Waals surface area contributed by atoms with Crippen molar-refractivity contribution >= 4 is 23.2 Å². The number of hydrogen-bond donors (Lipinski definition) is 2. The van der Waals surface area contributed by atoms with Crippen molar-refractivity contribution in [3.05, 3.63) is 94.0 Å². The Bertz CT molecular complexity index is 1060. The molecule has 4 heteroatoms. The van der Waals surface area contributed by atoms with E-state index in [4.69, 9.17) is 0 Å². The van der Waals surface area contributed by atoms with Crippen LogP contribution in [-0.2, 0) is 0 Å². The molecular weight excluding hydrogens is 396 g/mol. The predicted molar refractivity (Wildman–Crippen MR) is 133 cm³/mol. The number of aryl methyl sites for hydroxylation is 2. The topological polar surface area (TPSA) is 58.2 Å². The smallest absolute Gasteiger partial charge is 0.256 e. The first-order chi connectivity index (χ1) is 15.2. The van der Waals surface area contributed by atoms with Gasteiger partial charge in [-0.05, 0) is 60.1 Å². The fraction of sp³-hybridized carbons (Fsp3) is 0.286. The van der Waals surface area contributed by atoms with E-state index in [0.717, 1.165) is 33.6 Å². The maximum absolute atomic E-state index is 13.3. The largest absolute Gasteiger partial charge is 0.321 e. The van der Waals surface area contributed by atoms with Crippen molar-refractivity contribution < 1.29 is 9.59 Å². The highest BCUT2D eigenvalue weighted by atomic mass is 16.2. The Morgan fingerprint density at radius 1 is 0.594 bits per heavy atom. The molecule has 0 heterocycles. The Hall–Kier alpha value is -3.40. The van der Waals surface area contributed by atoms with Gasteiger partial charge in [0.25, 0.3) is 11.8 Å². The van der Waals surface area contributed by atoms with E-state index in [2.05, 4.69) is 38.3 Å². The molecule has 4 nitrogen and oxygen atoms in total. The summed E-state index contributed by atoms with van der Waals surface area (Å²) in [5.74, 6) is -0.0554. The number of para-hydroxylation sites is 2. The molecule has 0 saturated carbocycles. The first kappa shape index (κ1) is 23.3. The highest BCUT2D eigenvalue weighted by Crippen LogP contribution is 2.30. The van der Waals surface area contributed by atoms with E-state index >= 15 is 0 Å². The van der Waals surface area contributed by atoms with Gasteiger partial charge < -0.3 is 10.6 Å². The maximum atomic E-state index is 13.3. The Kier molecular flexibility index (Phi) is 7.14. The second-order valence-corrected chi connectivity index (χ2v) is 8.84. The molecular formula is C28H32N2O2. The van der Waals surface area contributed by atoms with Gasteiger partial charge in [-0.3, -0.25) is 9.59 Å². The van der Waals surface area contributed by atoms with Crippen LogP contribution < -0.4 is 10.6 Å². The van der Waals surface area contributed by atoms with Gasteiger partial charge >= 0.3 is 0 Å². The zero-order valence-electron chi connectivity index (χ0n) is 19.7. The number of carbonyl (C=O) groups is 2. The third-order valence-corrected chi connectivity index (χ3v) is 5.75. The number of carbonyl (C=O) groups excluding carboxylic acids is 2. The van der Waals surface area contributed by atoms with Gasteiger partial charge in [0.1, 0.15) is 0 Å². The van der Waals surface area contributed by atoms with Gasteiger partial charge in [0.05, 0.1) is 11.1 Å². The van der Waals surface area contributed by atoms with Gasteiger partial charge in [0.2, 0.25) is 0 Å². The van der Waals surface area contributed by atoms with Gasteiger partial charge in [-0.1, -0.05) is 76.2 Å². The van der Waals surface area contributed by atoms with E-state index in [9.17, 15) is 9.59 Å². The summed E-state index contributed by atoms with van der Waals surface area (Å²) in [5, 5.41) is 6.12. The molecule has 0 atom stereocenters. The second-order valence-electron chi connectivity index (χ2n) is 8.84. The second kappa shape index (κ2) is 9.82. The zero-order chi connectivity index (χ0) is 23.4. The minimum absolute atomic E-state index is 0.263. The highest BCUT2D eigenvalue weighted by Gasteiger charge is 2.20. The molecule has 0 aromatic heterocycles. The summed E-state index contributed by atoms with van der Waals surface area (Å²) >= 11 is 0. The van der Waals surface area contributed by atoms with Crippen LogP contribution in [0.15, 0.2) is 60.7 Å². The Morgan fingerprint density at radius 3 is 1.31 bits per heavy atom. The zero-order valence-corrected chi connectivity index (χ0v) is 19.7. The van der Waals surface area contributed by atoms with Crippen molar-refractivity contribution in [2.45, 2.75) is 53.4 Å². The summed E-state index contributed by atoms with van der Waals surface area (Å²) < 4.78 is 0. The molecule has 0 aliphatic heterocycles. The summed E-state index contributed by atoms with van der Waals surface area (Å²) in [6.07, 6.45) is 0. The molecule has 166 valence electrons. The maximum Gasteiger partial charge on any atom is 0.256 e. The molecule has 0 aliphatic rings. The van der Waals surface area contributed by atoms with Crippen molar-refractivity contribution in [1.29, 1.82) is 0 Å². The lowest BCUT2D eigenvalue weighted by Gasteiger charge is -2.19. The molecule has 0 radical (unpaired) electrons. The van der Waals surface area contributed by atoms with Crippen LogP contribution in [0.5, 0.6) is 0 Å². The van der Waals surface area contributed by atoms with Gasteiger partial charge in [0.15, 0.2) is 0 Å². The van der Waals surface area contributed by atoms with E-state index in [1.807, 2.05) is 50.2 Å². The minimum atomic E-state index is -0.291. The SMILES string of the molecule is Cc1cccc(C(C)C)c1NC(=O)c1ccccc1C(=O)Nc1c(C)cccc1C(C)C. The monoisotopic (exact) mass is 428 g/mol. The summed E-state index contributed by atoms with van der Waals surface area (Å²) in [6.45, 7) is 12.3. The van der Waals surface area contributed by atoms with E-state index in [-0.39, 0.29) is 23.7 Å². The van der Waals surface area contributed by atoms with Crippen LogP contribution in [0.4, 0.5) is 11.4 Å². The van der Waals surface area contributed by atoms with Gasteiger partial charge in [0, 0.05) is 11.4 Å². The van der Waals surface area contributed by atoms with Crippen LogP contribution in [0.25, 0.3) is 0 Å². The summed E-state index contributed by atoms with van der Waals surface area (Å²) in [7, 11) is 0. The van der Waals surface area contributed by atoms with E-state index in [0.29, 0.717) is 11.1 Å². The van der Waals surface area contributed by atoms with Crippen LogP contribution in [0.1, 0.15) is 82.5 Å².